The molecular formula is C14H13N3O3S. The van der Waals surface area contributed by atoms with Gasteiger partial charge >= 0.3 is 5.97 Å². The highest BCUT2D eigenvalue weighted by atomic mass is 32.2. The number of rotatable bonds is 3. The molecule has 0 saturated carbocycles. The van der Waals surface area contributed by atoms with Crippen molar-refractivity contribution in [1.29, 1.82) is 0 Å². The summed E-state index contributed by atoms with van der Waals surface area (Å²) in [5, 5.41) is 12.0. The van der Waals surface area contributed by atoms with E-state index >= 15 is 0 Å². The molecule has 2 aromatic rings. The van der Waals surface area contributed by atoms with Gasteiger partial charge < -0.3 is 10.4 Å². The van der Waals surface area contributed by atoms with E-state index in [1.165, 1.54) is 11.8 Å². The van der Waals surface area contributed by atoms with Gasteiger partial charge in [0.15, 0.2) is 0 Å². The molecule has 1 unspecified atom stereocenters. The molecule has 0 bridgehead atoms. The first-order chi connectivity index (χ1) is 10.1. The molecule has 1 saturated heterocycles. The molecule has 1 aromatic heterocycles. The van der Waals surface area contributed by atoms with Crippen LogP contribution in [0, 0.1) is 0 Å². The number of nitrogens with one attached hydrogen (secondary N) is 1. The van der Waals surface area contributed by atoms with E-state index in [0.29, 0.717) is 28.8 Å². The Kier molecular flexibility index (Phi) is 3.50. The van der Waals surface area contributed by atoms with Crippen LogP contribution in [-0.2, 0) is 4.79 Å². The van der Waals surface area contributed by atoms with Crippen molar-refractivity contribution in [1.82, 2.24) is 15.3 Å². The summed E-state index contributed by atoms with van der Waals surface area (Å²) in [6.07, 6.45) is 3.57. The van der Waals surface area contributed by atoms with Crippen molar-refractivity contribution in [3.63, 3.8) is 0 Å². The second-order valence-electron chi connectivity index (χ2n) is 4.90. The maximum absolute atomic E-state index is 12.3. The molecule has 0 aliphatic carbocycles. The zero-order valence-electron chi connectivity index (χ0n) is 11.1. The monoisotopic (exact) mass is 303 g/mol. The van der Waals surface area contributed by atoms with Crippen LogP contribution >= 0.6 is 11.8 Å². The van der Waals surface area contributed by atoms with E-state index in [2.05, 4.69) is 15.3 Å². The second kappa shape index (κ2) is 5.33. The van der Waals surface area contributed by atoms with Crippen molar-refractivity contribution < 1.29 is 14.7 Å². The van der Waals surface area contributed by atoms with Gasteiger partial charge in [-0.1, -0.05) is 0 Å². The number of carboxylic acid groups (broad SMARTS) is 1. The Morgan fingerprint density at radius 2 is 2.00 bits per heavy atom. The number of benzene rings is 1. The van der Waals surface area contributed by atoms with Crippen molar-refractivity contribution in [2.24, 2.45) is 0 Å². The first kappa shape index (κ1) is 13.8. The first-order valence-electron chi connectivity index (χ1n) is 6.45. The maximum atomic E-state index is 12.3. The number of hydrogen-bond donors (Lipinski definition) is 2. The van der Waals surface area contributed by atoms with Crippen LogP contribution in [0.1, 0.15) is 16.8 Å². The molecule has 2 N–H and O–H groups in total. The maximum Gasteiger partial charge on any atom is 0.330 e. The number of aliphatic carboxylic acids is 1. The topological polar surface area (TPSA) is 92.2 Å². The number of fused-ring (bicyclic) bond motifs is 1. The highest BCUT2D eigenvalue weighted by Gasteiger charge is 2.43. The van der Waals surface area contributed by atoms with Crippen molar-refractivity contribution >= 4 is 34.7 Å². The molecule has 21 heavy (non-hydrogen) atoms. The first-order valence-corrected chi connectivity index (χ1v) is 7.61. The third-order valence-corrected chi connectivity index (χ3v) is 4.71. The second-order valence-corrected chi connectivity index (χ2v) is 6.01. The molecule has 108 valence electrons. The molecule has 1 fully saturated rings. The molecule has 1 atom stereocenters. The highest BCUT2D eigenvalue weighted by molar-refractivity contribution is 7.99. The molecule has 1 aliphatic rings. The average Bonchev–Trinajstić information content (AvgIpc) is 2.96. The van der Waals surface area contributed by atoms with Gasteiger partial charge in [0, 0.05) is 23.7 Å². The Hall–Kier alpha value is -2.15. The van der Waals surface area contributed by atoms with E-state index in [4.69, 9.17) is 0 Å². The lowest BCUT2D eigenvalue weighted by atomic mass is 9.98. The fraction of sp³-hybridized carbons (Fsp3) is 0.286. The van der Waals surface area contributed by atoms with Gasteiger partial charge in [0.1, 0.15) is 5.54 Å². The molecule has 1 aliphatic heterocycles. The van der Waals surface area contributed by atoms with Gasteiger partial charge in [-0.2, -0.15) is 11.8 Å². The zero-order chi connectivity index (χ0) is 14.9. The van der Waals surface area contributed by atoms with Crippen LogP contribution in [0.2, 0.25) is 0 Å². The van der Waals surface area contributed by atoms with E-state index in [1.54, 1.807) is 30.6 Å². The van der Waals surface area contributed by atoms with Crippen LogP contribution in [0.5, 0.6) is 0 Å². The summed E-state index contributed by atoms with van der Waals surface area (Å²) in [6, 6.07) is 4.95. The van der Waals surface area contributed by atoms with Crippen LogP contribution in [-0.4, -0.2) is 44.0 Å². The summed E-state index contributed by atoms with van der Waals surface area (Å²) in [5.41, 5.74) is 0.522. The van der Waals surface area contributed by atoms with Crippen molar-refractivity contribution in [3.8, 4) is 0 Å². The minimum Gasteiger partial charge on any atom is -0.479 e. The van der Waals surface area contributed by atoms with E-state index in [9.17, 15) is 14.7 Å². The number of thioether (sulfide) groups is 1. The van der Waals surface area contributed by atoms with Crippen LogP contribution < -0.4 is 5.32 Å². The van der Waals surface area contributed by atoms with Gasteiger partial charge in [-0.25, -0.2) is 4.79 Å². The van der Waals surface area contributed by atoms with Crippen molar-refractivity contribution in [2.45, 2.75) is 12.0 Å². The quantitative estimate of drug-likeness (QED) is 0.888. The minimum absolute atomic E-state index is 0.389. The smallest absolute Gasteiger partial charge is 0.330 e. The minimum atomic E-state index is -1.17. The molecule has 3 rings (SSSR count). The van der Waals surface area contributed by atoms with Gasteiger partial charge in [0.05, 0.1) is 11.0 Å². The van der Waals surface area contributed by atoms with Crippen LogP contribution in [0.25, 0.3) is 11.0 Å². The lowest BCUT2D eigenvalue weighted by molar-refractivity contribution is -0.143. The summed E-state index contributed by atoms with van der Waals surface area (Å²) in [4.78, 5) is 32.1. The predicted octanol–water partition coefficient (Wildman–Crippen LogP) is 1.32. The molecule has 1 amide bonds. The molecule has 2 heterocycles. The Morgan fingerprint density at radius 1 is 1.24 bits per heavy atom. The van der Waals surface area contributed by atoms with Crippen molar-refractivity contribution in [2.75, 3.05) is 11.5 Å². The average molecular weight is 303 g/mol. The summed E-state index contributed by atoms with van der Waals surface area (Å²) >= 11 is 1.53. The number of carbonyl (C=O) groups is 2. The summed E-state index contributed by atoms with van der Waals surface area (Å²) in [7, 11) is 0. The molecular weight excluding hydrogens is 290 g/mol. The molecule has 6 nitrogen and oxygen atoms in total. The van der Waals surface area contributed by atoms with E-state index in [1.807, 2.05) is 0 Å². The zero-order valence-corrected chi connectivity index (χ0v) is 11.9. The molecule has 1 aromatic carbocycles. The van der Waals surface area contributed by atoms with Crippen molar-refractivity contribution in [3.05, 3.63) is 36.2 Å². The largest absolute Gasteiger partial charge is 0.479 e. The molecule has 0 spiro atoms. The Balaban J connectivity index is 1.88. The van der Waals surface area contributed by atoms with Gasteiger partial charge in [0.25, 0.3) is 5.91 Å². The van der Waals surface area contributed by atoms with E-state index in [0.717, 1.165) is 5.75 Å². The number of carbonyl (C=O) groups excluding carboxylic acids is 1. The number of nitrogens with zero attached hydrogens (tertiary/aromatic N) is 2. The van der Waals surface area contributed by atoms with Gasteiger partial charge in [-0.05, 0) is 30.4 Å². The van der Waals surface area contributed by atoms with Crippen LogP contribution in [0.4, 0.5) is 0 Å². The summed E-state index contributed by atoms with van der Waals surface area (Å²) in [6.45, 7) is 0. The lowest BCUT2D eigenvalue weighted by Gasteiger charge is -2.24. The third kappa shape index (κ3) is 2.56. The highest BCUT2D eigenvalue weighted by Crippen LogP contribution is 2.28. The molecule has 0 radical (unpaired) electrons. The van der Waals surface area contributed by atoms with E-state index in [-0.39, 0.29) is 0 Å². The molecule has 7 heteroatoms. The Morgan fingerprint density at radius 3 is 2.67 bits per heavy atom. The predicted molar refractivity (Wildman–Crippen MR) is 79.3 cm³/mol. The SMILES string of the molecule is O=C(NC1(C(=O)O)CCSC1)c1ccc2nccnc2c1. The summed E-state index contributed by atoms with van der Waals surface area (Å²) in [5.74, 6) is -0.258. The van der Waals surface area contributed by atoms with E-state index < -0.39 is 17.4 Å². The number of aromatic nitrogens is 2. The number of amides is 1. The normalized spacial score (nSPS) is 21.3. The Labute approximate surface area is 125 Å². The van der Waals surface area contributed by atoms with Crippen LogP contribution in [0.15, 0.2) is 30.6 Å². The standard InChI is InChI=1S/C14H13N3O3S/c18-12(17-14(13(19)20)3-6-21-8-14)9-1-2-10-11(7-9)16-5-4-15-10/h1-2,4-5,7H,3,6,8H2,(H,17,18)(H,19,20). The van der Waals surface area contributed by atoms with Gasteiger partial charge in [0.2, 0.25) is 0 Å². The number of hydrogen-bond acceptors (Lipinski definition) is 5. The number of carboxylic acids is 1. The van der Waals surface area contributed by atoms with Gasteiger partial charge in [-0.15, -0.1) is 0 Å². The van der Waals surface area contributed by atoms with Gasteiger partial charge in [-0.3, -0.25) is 14.8 Å². The van der Waals surface area contributed by atoms with Crippen LogP contribution in [0.3, 0.4) is 0 Å². The fourth-order valence-corrected chi connectivity index (χ4v) is 3.61. The third-order valence-electron chi connectivity index (χ3n) is 3.52. The fourth-order valence-electron chi connectivity index (χ4n) is 2.28. The Bertz CT molecular complexity index is 713. The summed E-state index contributed by atoms with van der Waals surface area (Å²) < 4.78 is 0. The lowest BCUT2D eigenvalue weighted by Crippen LogP contribution is -2.54.